The zero-order valence-electron chi connectivity index (χ0n) is 13.6. The van der Waals surface area contributed by atoms with Gasteiger partial charge in [0.15, 0.2) is 0 Å². The largest absolute Gasteiger partial charge is 0.314 e. The van der Waals surface area contributed by atoms with E-state index in [4.69, 9.17) is 6.42 Å². The van der Waals surface area contributed by atoms with Gasteiger partial charge in [-0.25, -0.2) is 0 Å². The zero-order chi connectivity index (χ0) is 14.5. The van der Waals surface area contributed by atoms with Crippen molar-refractivity contribution in [2.75, 3.05) is 6.54 Å². The zero-order valence-corrected chi connectivity index (χ0v) is 13.6. The van der Waals surface area contributed by atoms with Crippen LogP contribution in [0.2, 0.25) is 0 Å². The van der Waals surface area contributed by atoms with Crippen LogP contribution in [0.3, 0.4) is 0 Å². The first kappa shape index (κ1) is 16.6. The maximum absolute atomic E-state index is 5.47. The lowest BCUT2D eigenvalue weighted by Gasteiger charge is -2.42. The quantitative estimate of drug-likeness (QED) is 0.721. The van der Waals surface area contributed by atoms with Crippen molar-refractivity contribution in [3.8, 4) is 12.3 Å². The van der Waals surface area contributed by atoms with Crippen LogP contribution in [0.15, 0.2) is 0 Å². The molecule has 1 rings (SSSR count). The molecule has 0 aromatic rings. The number of hydrogen-bond donors (Lipinski definition) is 1. The van der Waals surface area contributed by atoms with Crippen LogP contribution in [-0.2, 0) is 0 Å². The Morgan fingerprint density at radius 2 is 1.89 bits per heavy atom. The lowest BCUT2D eigenvalue weighted by Crippen LogP contribution is -2.38. The topological polar surface area (TPSA) is 12.0 Å². The summed E-state index contributed by atoms with van der Waals surface area (Å²) in [7, 11) is 0. The third kappa shape index (κ3) is 5.57. The van der Waals surface area contributed by atoms with Gasteiger partial charge in [-0.1, -0.05) is 34.6 Å². The minimum absolute atomic E-state index is 0.449. The van der Waals surface area contributed by atoms with Crippen molar-refractivity contribution in [2.45, 2.75) is 72.8 Å². The van der Waals surface area contributed by atoms with Crippen LogP contribution < -0.4 is 5.32 Å². The van der Waals surface area contributed by atoms with Gasteiger partial charge in [-0.3, -0.25) is 0 Å². The molecular formula is C18H33N. The van der Waals surface area contributed by atoms with E-state index in [1.807, 2.05) is 0 Å². The third-order valence-electron chi connectivity index (χ3n) is 4.81. The number of hydrogen-bond acceptors (Lipinski definition) is 1. The van der Waals surface area contributed by atoms with E-state index in [2.05, 4.69) is 45.9 Å². The van der Waals surface area contributed by atoms with Gasteiger partial charge in [-0.2, -0.15) is 0 Å². The minimum Gasteiger partial charge on any atom is -0.314 e. The molecule has 0 heterocycles. The maximum Gasteiger partial charge on any atom is 0.00888 e. The van der Waals surface area contributed by atoms with Crippen molar-refractivity contribution in [2.24, 2.45) is 23.2 Å². The first-order valence-corrected chi connectivity index (χ1v) is 8.01. The van der Waals surface area contributed by atoms with Crippen LogP contribution >= 0.6 is 0 Å². The van der Waals surface area contributed by atoms with E-state index < -0.39 is 0 Å². The SMILES string of the molecule is C#CCCC1CC(C(C)(C)C)CCC1CNC(C)C. The van der Waals surface area contributed by atoms with Crippen LogP contribution in [0.1, 0.15) is 66.7 Å². The van der Waals surface area contributed by atoms with E-state index >= 15 is 0 Å². The highest BCUT2D eigenvalue weighted by Crippen LogP contribution is 2.44. The van der Waals surface area contributed by atoms with E-state index in [1.54, 1.807) is 0 Å². The Kier molecular flexibility index (Phi) is 6.40. The highest BCUT2D eigenvalue weighted by Gasteiger charge is 2.35. The van der Waals surface area contributed by atoms with Crippen molar-refractivity contribution in [3.05, 3.63) is 0 Å². The molecule has 110 valence electrons. The molecule has 1 aliphatic rings. The van der Waals surface area contributed by atoms with Crippen molar-refractivity contribution >= 4 is 0 Å². The van der Waals surface area contributed by atoms with E-state index in [0.717, 1.165) is 24.2 Å². The third-order valence-corrected chi connectivity index (χ3v) is 4.81. The Morgan fingerprint density at radius 3 is 2.42 bits per heavy atom. The van der Waals surface area contributed by atoms with Gasteiger partial charge >= 0.3 is 0 Å². The van der Waals surface area contributed by atoms with E-state index in [1.165, 1.54) is 32.2 Å². The number of terminal acetylenes is 1. The first-order valence-electron chi connectivity index (χ1n) is 8.01. The highest BCUT2D eigenvalue weighted by atomic mass is 14.9. The lowest BCUT2D eigenvalue weighted by atomic mass is 9.64. The number of nitrogens with one attached hydrogen (secondary N) is 1. The van der Waals surface area contributed by atoms with E-state index in [0.29, 0.717) is 11.5 Å². The van der Waals surface area contributed by atoms with Gasteiger partial charge in [-0.05, 0) is 55.4 Å². The van der Waals surface area contributed by atoms with Gasteiger partial charge in [0, 0.05) is 12.5 Å². The molecule has 1 saturated carbocycles. The molecule has 0 amide bonds. The summed E-state index contributed by atoms with van der Waals surface area (Å²) >= 11 is 0. The summed E-state index contributed by atoms with van der Waals surface area (Å²) in [6.07, 6.45) is 11.8. The molecule has 0 bridgehead atoms. The molecule has 0 spiro atoms. The monoisotopic (exact) mass is 263 g/mol. The van der Waals surface area contributed by atoms with E-state index in [9.17, 15) is 0 Å². The summed E-state index contributed by atoms with van der Waals surface area (Å²) < 4.78 is 0. The molecular weight excluding hydrogens is 230 g/mol. The van der Waals surface area contributed by atoms with Gasteiger partial charge in [0.1, 0.15) is 0 Å². The Bertz CT molecular complexity index is 292. The Labute approximate surface area is 120 Å². The van der Waals surface area contributed by atoms with Crippen molar-refractivity contribution in [1.82, 2.24) is 5.32 Å². The summed E-state index contributed by atoms with van der Waals surface area (Å²) in [6.45, 7) is 12.8. The van der Waals surface area contributed by atoms with E-state index in [-0.39, 0.29) is 0 Å². The molecule has 3 atom stereocenters. The van der Waals surface area contributed by atoms with Crippen molar-refractivity contribution in [3.63, 3.8) is 0 Å². The average molecular weight is 263 g/mol. The molecule has 3 unspecified atom stereocenters. The van der Waals surface area contributed by atoms with Gasteiger partial charge in [0.05, 0.1) is 0 Å². The molecule has 0 aliphatic heterocycles. The standard InChI is InChI=1S/C18H33N/c1-7-8-9-15-12-17(18(4,5)6)11-10-16(15)13-19-14(2)3/h1,14-17,19H,8-13H2,2-6H3. The fraction of sp³-hybridized carbons (Fsp3) is 0.889. The Balaban J connectivity index is 2.59. The highest BCUT2D eigenvalue weighted by molar-refractivity contribution is 4.90. The van der Waals surface area contributed by atoms with Crippen LogP contribution in [0.5, 0.6) is 0 Å². The predicted molar refractivity (Wildman–Crippen MR) is 85.0 cm³/mol. The second kappa shape index (κ2) is 7.34. The maximum atomic E-state index is 5.47. The van der Waals surface area contributed by atoms with Crippen molar-refractivity contribution < 1.29 is 0 Å². The lowest BCUT2D eigenvalue weighted by molar-refractivity contribution is 0.0924. The molecule has 0 radical (unpaired) electrons. The molecule has 0 saturated heterocycles. The Hall–Kier alpha value is -0.480. The molecule has 0 aromatic heterocycles. The predicted octanol–water partition coefficient (Wildman–Crippen LogP) is 4.48. The summed E-state index contributed by atoms with van der Waals surface area (Å²) in [5.74, 6) is 5.35. The molecule has 1 nitrogen and oxygen atoms in total. The molecule has 0 aromatic carbocycles. The van der Waals surface area contributed by atoms with Gasteiger partial charge in [-0.15, -0.1) is 12.3 Å². The summed E-state index contributed by atoms with van der Waals surface area (Å²) in [6, 6.07) is 0.591. The molecule has 19 heavy (non-hydrogen) atoms. The second-order valence-corrected chi connectivity index (χ2v) is 7.70. The molecule has 1 fully saturated rings. The fourth-order valence-corrected chi connectivity index (χ4v) is 3.39. The van der Waals surface area contributed by atoms with Crippen LogP contribution in [0.25, 0.3) is 0 Å². The fourth-order valence-electron chi connectivity index (χ4n) is 3.39. The summed E-state index contributed by atoms with van der Waals surface area (Å²) in [5.41, 5.74) is 0.449. The van der Waals surface area contributed by atoms with Crippen LogP contribution in [-0.4, -0.2) is 12.6 Å². The summed E-state index contributed by atoms with van der Waals surface area (Å²) in [4.78, 5) is 0. The van der Waals surface area contributed by atoms with Gasteiger partial charge < -0.3 is 5.32 Å². The summed E-state index contributed by atoms with van der Waals surface area (Å²) in [5, 5.41) is 3.62. The van der Waals surface area contributed by atoms with Crippen molar-refractivity contribution in [1.29, 1.82) is 0 Å². The Morgan fingerprint density at radius 1 is 1.21 bits per heavy atom. The smallest absolute Gasteiger partial charge is 0.00888 e. The van der Waals surface area contributed by atoms with Crippen LogP contribution in [0, 0.1) is 35.5 Å². The number of rotatable bonds is 5. The average Bonchev–Trinajstić information content (AvgIpc) is 2.32. The normalized spacial score (nSPS) is 28.4. The van der Waals surface area contributed by atoms with Gasteiger partial charge in [0.25, 0.3) is 0 Å². The molecule has 1 aliphatic carbocycles. The molecule has 1 N–H and O–H groups in total. The first-order chi connectivity index (χ1) is 8.84. The second-order valence-electron chi connectivity index (χ2n) is 7.70. The van der Waals surface area contributed by atoms with Crippen LogP contribution in [0.4, 0.5) is 0 Å². The van der Waals surface area contributed by atoms with Gasteiger partial charge in [0.2, 0.25) is 0 Å². The molecule has 1 heteroatoms. The minimum atomic E-state index is 0.449.